The van der Waals surface area contributed by atoms with Crippen LogP contribution in [0.2, 0.25) is 0 Å². The van der Waals surface area contributed by atoms with Gasteiger partial charge in [0.1, 0.15) is 6.04 Å². The molecule has 0 heterocycles. The van der Waals surface area contributed by atoms with Crippen molar-refractivity contribution in [2.45, 2.75) is 72.5 Å². The van der Waals surface area contributed by atoms with Crippen LogP contribution in [0, 0.1) is 11.8 Å². The highest BCUT2D eigenvalue weighted by Crippen LogP contribution is 2.14. The molecule has 3 atom stereocenters. The van der Waals surface area contributed by atoms with Gasteiger partial charge in [-0.15, -0.1) is 0 Å². The number of rotatable bonds is 7. The largest absolute Gasteiger partial charge is 0.468 e. The summed E-state index contributed by atoms with van der Waals surface area (Å²) in [7, 11) is 1.37. The van der Waals surface area contributed by atoms with Gasteiger partial charge in [0.15, 0.2) is 0 Å². The molecule has 0 unspecified atom stereocenters. The van der Waals surface area contributed by atoms with Crippen molar-refractivity contribution in [1.82, 2.24) is 10.6 Å². The van der Waals surface area contributed by atoms with E-state index in [9.17, 15) is 9.59 Å². The van der Waals surface area contributed by atoms with Gasteiger partial charge in [0, 0.05) is 5.54 Å². The van der Waals surface area contributed by atoms with Crippen molar-refractivity contribution in [1.29, 1.82) is 0 Å². The van der Waals surface area contributed by atoms with Crippen molar-refractivity contribution in [3.63, 3.8) is 0 Å². The first-order chi connectivity index (χ1) is 9.53. The Balaban J connectivity index is 5.11. The number of ether oxygens (including phenoxy) is 1. The van der Waals surface area contributed by atoms with E-state index in [0.717, 1.165) is 6.42 Å². The maximum Gasteiger partial charge on any atom is 0.323 e. The van der Waals surface area contributed by atoms with Crippen LogP contribution in [-0.4, -0.2) is 36.6 Å². The lowest BCUT2D eigenvalue weighted by atomic mass is 9.94. The molecule has 0 bridgehead atoms. The molecule has 0 aliphatic rings. The van der Waals surface area contributed by atoms with Crippen LogP contribution in [0.5, 0.6) is 0 Å². The molecule has 0 spiro atoms. The number of hydrogen-bond acceptors (Lipinski definition) is 4. The molecule has 0 fully saturated rings. The Morgan fingerprint density at radius 3 is 1.95 bits per heavy atom. The molecule has 0 aromatic rings. The number of amides is 1. The van der Waals surface area contributed by atoms with Crippen LogP contribution in [0.25, 0.3) is 0 Å². The van der Waals surface area contributed by atoms with Gasteiger partial charge in [0.25, 0.3) is 0 Å². The first-order valence-electron chi connectivity index (χ1n) is 7.69. The summed E-state index contributed by atoms with van der Waals surface area (Å²) < 4.78 is 4.86. The monoisotopic (exact) mass is 300 g/mol. The van der Waals surface area contributed by atoms with Crippen LogP contribution in [0.1, 0.15) is 54.9 Å². The predicted molar refractivity (Wildman–Crippen MR) is 84.9 cm³/mol. The Bertz CT molecular complexity index is 348. The quantitative estimate of drug-likeness (QED) is 0.707. The smallest absolute Gasteiger partial charge is 0.323 e. The van der Waals surface area contributed by atoms with Crippen LogP contribution in [0.15, 0.2) is 0 Å². The number of esters is 1. The molecule has 0 aliphatic carbocycles. The molecule has 2 N–H and O–H groups in total. The predicted octanol–water partition coefficient (Wildman–Crippen LogP) is 2.10. The van der Waals surface area contributed by atoms with Crippen LogP contribution in [0.3, 0.4) is 0 Å². The molecule has 5 nitrogen and oxygen atoms in total. The van der Waals surface area contributed by atoms with E-state index in [-0.39, 0.29) is 29.3 Å². The molecule has 0 rings (SSSR count). The van der Waals surface area contributed by atoms with E-state index < -0.39 is 12.1 Å². The molecule has 21 heavy (non-hydrogen) atoms. The van der Waals surface area contributed by atoms with Gasteiger partial charge in [-0.05, 0) is 32.6 Å². The first kappa shape index (κ1) is 19.9. The normalized spacial score (nSPS) is 16.2. The summed E-state index contributed by atoms with van der Waals surface area (Å²) in [5.41, 5.74) is -0.303. The number of carbonyl (C=O) groups excluding carboxylic acids is 2. The number of methoxy groups -OCH3 is 1. The van der Waals surface area contributed by atoms with Crippen molar-refractivity contribution in [3.8, 4) is 0 Å². The Labute approximate surface area is 129 Å². The van der Waals surface area contributed by atoms with E-state index >= 15 is 0 Å². The molecule has 5 heteroatoms. The summed E-state index contributed by atoms with van der Waals surface area (Å²) in [4.78, 5) is 24.4. The SMILES string of the molecule is CC[C@H](C)[C@H](N[C@H](C(=O)NC(C)(C)C)C(C)C)C(=O)OC. The highest BCUT2D eigenvalue weighted by molar-refractivity contribution is 5.84. The van der Waals surface area contributed by atoms with Gasteiger partial charge in [0.05, 0.1) is 13.2 Å². The second-order valence-corrected chi connectivity index (χ2v) is 7.01. The summed E-state index contributed by atoms with van der Waals surface area (Å²) in [6.45, 7) is 13.7. The topological polar surface area (TPSA) is 67.4 Å². The Morgan fingerprint density at radius 2 is 1.62 bits per heavy atom. The fourth-order valence-electron chi connectivity index (χ4n) is 2.04. The van der Waals surface area contributed by atoms with Crippen LogP contribution in [0.4, 0.5) is 0 Å². The van der Waals surface area contributed by atoms with Gasteiger partial charge in [0.2, 0.25) is 5.91 Å². The zero-order valence-corrected chi connectivity index (χ0v) is 14.7. The average molecular weight is 300 g/mol. The summed E-state index contributed by atoms with van der Waals surface area (Å²) in [5, 5.41) is 6.16. The third kappa shape index (κ3) is 6.93. The van der Waals surface area contributed by atoms with Crippen molar-refractivity contribution >= 4 is 11.9 Å². The first-order valence-corrected chi connectivity index (χ1v) is 7.69. The fourth-order valence-corrected chi connectivity index (χ4v) is 2.04. The maximum absolute atomic E-state index is 12.4. The minimum atomic E-state index is -0.474. The zero-order valence-electron chi connectivity index (χ0n) is 14.7. The molecule has 0 saturated heterocycles. The van der Waals surface area contributed by atoms with E-state index in [2.05, 4.69) is 10.6 Å². The molecule has 0 aromatic heterocycles. The Kier molecular flexibility index (Phi) is 7.93. The van der Waals surface area contributed by atoms with Gasteiger partial charge in [-0.1, -0.05) is 34.1 Å². The van der Waals surface area contributed by atoms with E-state index in [1.54, 1.807) is 0 Å². The summed E-state index contributed by atoms with van der Waals surface area (Å²) in [6.07, 6.45) is 0.832. The lowest BCUT2D eigenvalue weighted by Gasteiger charge is -2.31. The second kappa shape index (κ2) is 8.37. The Hall–Kier alpha value is -1.10. The van der Waals surface area contributed by atoms with Crippen molar-refractivity contribution in [2.75, 3.05) is 7.11 Å². The van der Waals surface area contributed by atoms with Crippen molar-refractivity contribution < 1.29 is 14.3 Å². The second-order valence-electron chi connectivity index (χ2n) is 7.01. The van der Waals surface area contributed by atoms with Crippen molar-refractivity contribution in [2.24, 2.45) is 11.8 Å². The van der Waals surface area contributed by atoms with Gasteiger partial charge in [-0.3, -0.25) is 14.9 Å². The molecule has 0 aliphatic heterocycles. The van der Waals surface area contributed by atoms with Crippen LogP contribution < -0.4 is 10.6 Å². The van der Waals surface area contributed by atoms with Gasteiger partial charge in [-0.25, -0.2) is 0 Å². The number of hydrogen-bond donors (Lipinski definition) is 2. The highest BCUT2D eigenvalue weighted by atomic mass is 16.5. The lowest BCUT2D eigenvalue weighted by Crippen LogP contribution is -2.58. The Morgan fingerprint density at radius 1 is 1.10 bits per heavy atom. The van der Waals surface area contributed by atoms with E-state index in [4.69, 9.17) is 4.74 Å². The number of carbonyl (C=O) groups is 2. The summed E-state index contributed by atoms with van der Waals surface area (Å²) in [6, 6.07) is -0.902. The van der Waals surface area contributed by atoms with Gasteiger partial charge in [-0.2, -0.15) is 0 Å². The zero-order chi connectivity index (χ0) is 16.8. The van der Waals surface area contributed by atoms with Crippen LogP contribution >= 0.6 is 0 Å². The molecular formula is C16H32N2O3. The van der Waals surface area contributed by atoms with Gasteiger partial charge >= 0.3 is 5.97 Å². The van der Waals surface area contributed by atoms with E-state index in [0.29, 0.717) is 0 Å². The highest BCUT2D eigenvalue weighted by Gasteiger charge is 2.33. The third-order valence-corrected chi connectivity index (χ3v) is 3.47. The standard InChI is InChI=1S/C16H32N2O3/c1-9-11(4)13(15(20)21-8)17-12(10(2)3)14(19)18-16(5,6)7/h10-13,17H,9H2,1-8H3,(H,18,19)/t11-,12-,13-/m0/s1. The molecular weight excluding hydrogens is 268 g/mol. The molecule has 0 saturated carbocycles. The summed E-state index contributed by atoms with van der Waals surface area (Å²) in [5.74, 6) is -0.238. The van der Waals surface area contributed by atoms with E-state index in [1.165, 1.54) is 7.11 Å². The van der Waals surface area contributed by atoms with E-state index in [1.807, 2.05) is 48.5 Å². The summed E-state index contributed by atoms with van der Waals surface area (Å²) >= 11 is 0. The molecule has 1 amide bonds. The van der Waals surface area contributed by atoms with Crippen LogP contribution in [-0.2, 0) is 14.3 Å². The molecule has 0 radical (unpaired) electrons. The van der Waals surface area contributed by atoms with Crippen molar-refractivity contribution in [3.05, 3.63) is 0 Å². The molecule has 0 aromatic carbocycles. The minimum Gasteiger partial charge on any atom is -0.468 e. The van der Waals surface area contributed by atoms with Gasteiger partial charge < -0.3 is 10.1 Å². The number of nitrogens with one attached hydrogen (secondary N) is 2. The molecule has 124 valence electrons. The fraction of sp³-hybridized carbons (Fsp3) is 0.875. The lowest BCUT2D eigenvalue weighted by molar-refractivity contribution is -0.145. The third-order valence-electron chi connectivity index (χ3n) is 3.47. The maximum atomic E-state index is 12.4. The average Bonchev–Trinajstić information content (AvgIpc) is 2.35. The minimum absolute atomic E-state index is 0.0727.